The van der Waals surface area contributed by atoms with Crippen LogP contribution in [0.15, 0.2) is 24.7 Å². The van der Waals surface area contributed by atoms with Crippen LogP contribution in [0, 0.1) is 17.6 Å². The Labute approximate surface area is 184 Å². The van der Waals surface area contributed by atoms with Crippen molar-refractivity contribution in [3.63, 3.8) is 0 Å². The zero-order valence-corrected chi connectivity index (χ0v) is 18.1. The van der Waals surface area contributed by atoms with Crippen LogP contribution in [0.4, 0.5) is 13.6 Å². The van der Waals surface area contributed by atoms with Gasteiger partial charge in [0.15, 0.2) is 11.6 Å². The maximum absolute atomic E-state index is 14.7. The molecular weight excluding hydrogens is 416 g/mol. The lowest BCUT2D eigenvalue weighted by molar-refractivity contribution is -0.0129. The first-order chi connectivity index (χ1) is 15.4. The van der Waals surface area contributed by atoms with E-state index in [4.69, 9.17) is 4.74 Å². The number of aromatic amines is 1. The predicted octanol–water partition coefficient (Wildman–Crippen LogP) is 4.63. The lowest BCUT2D eigenvalue weighted by Gasteiger charge is -2.39. The van der Waals surface area contributed by atoms with Gasteiger partial charge in [-0.2, -0.15) is 0 Å². The van der Waals surface area contributed by atoms with E-state index >= 15 is 0 Å². The van der Waals surface area contributed by atoms with Crippen LogP contribution in [0.3, 0.4) is 0 Å². The minimum Gasteiger partial charge on any atom is -0.441 e. The van der Waals surface area contributed by atoms with Crippen molar-refractivity contribution in [1.82, 2.24) is 24.8 Å². The van der Waals surface area contributed by atoms with Gasteiger partial charge in [0.25, 0.3) is 0 Å². The zero-order valence-electron chi connectivity index (χ0n) is 18.1. The Bertz CT molecular complexity index is 1180. The van der Waals surface area contributed by atoms with E-state index in [2.05, 4.69) is 19.9 Å². The van der Waals surface area contributed by atoms with E-state index in [0.717, 1.165) is 25.5 Å². The van der Waals surface area contributed by atoms with Crippen LogP contribution in [0.25, 0.3) is 22.4 Å². The van der Waals surface area contributed by atoms with Gasteiger partial charge in [0.2, 0.25) is 0 Å². The molecule has 2 aliphatic rings. The number of pyridine rings is 1. The summed E-state index contributed by atoms with van der Waals surface area (Å²) < 4.78 is 34.2. The van der Waals surface area contributed by atoms with Crippen molar-refractivity contribution < 1.29 is 18.3 Å². The molecule has 1 aliphatic carbocycles. The van der Waals surface area contributed by atoms with Crippen LogP contribution < -0.4 is 0 Å². The highest BCUT2D eigenvalue weighted by Crippen LogP contribution is 2.44. The monoisotopic (exact) mass is 441 g/mol. The van der Waals surface area contributed by atoms with Crippen molar-refractivity contribution in [2.75, 3.05) is 6.54 Å². The predicted molar refractivity (Wildman–Crippen MR) is 114 cm³/mol. The fraction of sp³-hybridized carbons (Fsp3) is 0.478. The van der Waals surface area contributed by atoms with E-state index < -0.39 is 17.2 Å². The Balaban J connectivity index is 1.41. The number of ether oxygens (including phenoxy) is 1. The Hall–Kier alpha value is -3.10. The summed E-state index contributed by atoms with van der Waals surface area (Å²) >= 11 is 0. The number of nitrogens with zero attached hydrogens (tertiary/aromatic N) is 4. The van der Waals surface area contributed by atoms with Crippen molar-refractivity contribution in [3.8, 4) is 11.4 Å². The van der Waals surface area contributed by atoms with Gasteiger partial charge in [-0.15, -0.1) is 0 Å². The lowest BCUT2D eigenvalue weighted by atomic mass is 9.73. The largest absolute Gasteiger partial charge is 0.441 e. The van der Waals surface area contributed by atoms with Crippen LogP contribution in [-0.2, 0) is 11.2 Å². The summed E-state index contributed by atoms with van der Waals surface area (Å²) in [6, 6.07) is 1.35. The normalized spacial score (nSPS) is 25.6. The number of aromatic nitrogens is 4. The van der Waals surface area contributed by atoms with E-state index in [0.29, 0.717) is 47.5 Å². The summed E-state index contributed by atoms with van der Waals surface area (Å²) in [6.45, 7) is 4.59. The highest BCUT2D eigenvalue weighted by Gasteiger charge is 2.53. The number of hydrogen-bond donors (Lipinski definition) is 1. The molecule has 32 heavy (non-hydrogen) atoms. The Morgan fingerprint density at radius 1 is 1.31 bits per heavy atom. The molecule has 0 bridgehead atoms. The topological polar surface area (TPSA) is 84.0 Å². The van der Waals surface area contributed by atoms with Gasteiger partial charge in [0, 0.05) is 23.7 Å². The molecule has 3 aromatic heterocycles. The summed E-state index contributed by atoms with van der Waals surface area (Å²) in [4.78, 5) is 29.7. The maximum Gasteiger partial charge on any atom is 0.410 e. The number of fused-ring (bicyclic) bond motifs is 1. The second kappa shape index (κ2) is 7.79. The van der Waals surface area contributed by atoms with Crippen LogP contribution in [-0.4, -0.2) is 49.1 Å². The first-order valence-corrected chi connectivity index (χ1v) is 11.0. The zero-order chi connectivity index (χ0) is 22.5. The molecule has 7 nitrogen and oxygen atoms in total. The first-order valence-electron chi connectivity index (χ1n) is 11.0. The van der Waals surface area contributed by atoms with E-state index in [1.165, 1.54) is 12.3 Å². The van der Waals surface area contributed by atoms with E-state index in [-0.39, 0.29) is 18.1 Å². The third kappa shape index (κ3) is 3.40. The molecule has 0 unspecified atom stereocenters. The van der Waals surface area contributed by atoms with Crippen molar-refractivity contribution in [2.45, 2.75) is 57.6 Å². The molecule has 1 saturated heterocycles. The van der Waals surface area contributed by atoms with Crippen molar-refractivity contribution >= 4 is 17.1 Å². The number of rotatable bonds is 4. The molecule has 2 fully saturated rings. The van der Waals surface area contributed by atoms with Gasteiger partial charge >= 0.3 is 6.09 Å². The smallest absolute Gasteiger partial charge is 0.410 e. The van der Waals surface area contributed by atoms with Crippen molar-refractivity contribution in [1.29, 1.82) is 0 Å². The number of carbonyl (C=O) groups is 1. The van der Waals surface area contributed by atoms with Gasteiger partial charge in [0.1, 0.15) is 17.1 Å². The summed E-state index contributed by atoms with van der Waals surface area (Å²) in [6.07, 6.45) is 7.43. The van der Waals surface area contributed by atoms with Crippen LogP contribution in [0.5, 0.6) is 0 Å². The Morgan fingerprint density at radius 2 is 2.16 bits per heavy atom. The minimum atomic E-state index is -0.525. The van der Waals surface area contributed by atoms with E-state index in [1.807, 2.05) is 13.8 Å². The highest BCUT2D eigenvalue weighted by molar-refractivity contribution is 5.91. The second-order valence-corrected chi connectivity index (χ2v) is 8.80. The molecule has 3 atom stereocenters. The molecule has 1 saturated carbocycles. The number of halogens is 2. The molecule has 9 heteroatoms. The molecule has 1 amide bonds. The number of amides is 1. The standard InChI is InChI=1S/C23H25F2N5O2/c1-3-30-13(2)23(32-22(30)31)6-4-5-14(9-23)7-19-18(25)12-28-21(29-19)17-11-27-20-16(17)8-15(24)10-26-20/h8,10-14H,3-7,9H2,1-2H3,(H,26,27)/t13-,14+,23-/m0/s1. The molecule has 1 spiro atoms. The van der Waals surface area contributed by atoms with Crippen LogP contribution in [0.1, 0.15) is 45.2 Å². The average Bonchev–Trinajstić information content (AvgIpc) is 3.28. The van der Waals surface area contributed by atoms with Crippen LogP contribution in [0.2, 0.25) is 0 Å². The third-order valence-electron chi connectivity index (χ3n) is 6.98. The molecule has 1 aliphatic heterocycles. The lowest BCUT2D eigenvalue weighted by Crippen LogP contribution is -2.47. The number of nitrogens with one attached hydrogen (secondary N) is 1. The van der Waals surface area contributed by atoms with E-state index in [9.17, 15) is 13.6 Å². The van der Waals surface area contributed by atoms with Crippen LogP contribution >= 0.6 is 0 Å². The highest BCUT2D eigenvalue weighted by atomic mass is 19.1. The van der Waals surface area contributed by atoms with Crippen molar-refractivity contribution in [2.24, 2.45) is 5.92 Å². The molecule has 5 rings (SSSR count). The average molecular weight is 441 g/mol. The number of hydrogen-bond acceptors (Lipinski definition) is 5. The molecule has 168 valence electrons. The quantitative estimate of drug-likeness (QED) is 0.638. The molecule has 1 N–H and O–H groups in total. The number of likely N-dealkylation sites (N-methyl/N-ethyl adjacent to an activating group) is 1. The summed E-state index contributed by atoms with van der Waals surface area (Å²) in [5.41, 5.74) is 0.885. The molecule has 0 radical (unpaired) electrons. The first kappa shape index (κ1) is 20.8. The number of carbonyl (C=O) groups excluding carboxylic acids is 1. The molecule has 0 aromatic carbocycles. The minimum absolute atomic E-state index is 0.0118. The van der Waals surface area contributed by atoms with Gasteiger partial charge in [-0.05, 0) is 57.9 Å². The number of H-pyrrole nitrogens is 1. The molecular formula is C23H25F2N5O2. The van der Waals surface area contributed by atoms with Gasteiger partial charge in [-0.3, -0.25) is 0 Å². The fourth-order valence-electron chi connectivity index (χ4n) is 5.30. The van der Waals surface area contributed by atoms with Gasteiger partial charge in [-0.1, -0.05) is 0 Å². The summed E-state index contributed by atoms with van der Waals surface area (Å²) in [5.74, 6) is -0.475. The summed E-state index contributed by atoms with van der Waals surface area (Å²) in [7, 11) is 0. The maximum atomic E-state index is 14.7. The summed E-state index contributed by atoms with van der Waals surface area (Å²) in [5, 5.41) is 0.547. The SMILES string of the molecule is CCN1C(=O)O[C@]2(CCC[C@H](Cc3nc(-c4c[nH]c5ncc(F)cc45)ncc3F)C2)[C@@H]1C. The molecule has 3 aromatic rings. The fourth-order valence-corrected chi connectivity index (χ4v) is 5.30. The Morgan fingerprint density at radius 3 is 2.94 bits per heavy atom. The van der Waals surface area contributed by atoms with Gasteiger partial charge < -0.3 is 14.6 Å². The Kier molecular flexibility index (Phi) is 5.06. The third-order valence-corrected chi connectivity index (χ3v) is 6.98. The van der Waals surface area contributed by atoms with Gasteiger partial charge in [0.05, 0.1) is 24.1 Å². The second-order valence-electron chi connectivity index (χ2n) is 8.80. The molecule has 4 heterocycles. The van der Waals surface area contributed by atoms with Gasteiger partial charge in [-0.25, -0.2) is 28.5 Å². The van der Waals surface area contributed by atoms with E-state index in [1.54, 1.807) is 11.1 Å². The van der Waals surface area contributed by atoms with Crippen molar-refractivity contribution in [3.05, 3.63) is 42.0 Å².